The van der Waals surface area contributed by atoms with Crippen molar-refractivity contribution in [3.05, 3.63) is 52.7 Å². The van der Waals surface area contributed by atoms with E-state index in [0.29, 0.717) is 22.9 Å². The van der Waals surface area contributed by atoms with Gasteiger partial charge in [-0.2, -0.15) is 0 Å². The maximum Gasteiger partial charge on any atom is 0.341 e. The first-order chi connectivity index (χ1) is 18.4. The second kappa shape index (κ2) is 18.4. The molecule has 7 heteroatoms. The minimum atomic E-state index is -1.05. The summed E-state index contributed by atoms with van der Waals surface area (Å²) in [6.45, 7) is 13.1. The van der Waals surface area contributed by atoms with E-state index >= 15 is 0 Å². The third kappa shape index (κ3) is 14.7. The second-order valence-corrected chi connectivity index (χ2v) is 12.1. The number of carboxylic acids is 2. The Morgan fingerprint density at radius 3 is 1.90 bits per heavy atom. The summed E-state index contributed by atoms with van der Waals surface area (Å²) in [5.41, 5.74) is -0.0601. The zero-order valence-electron chi connectivity index (χ0n) is 24.4. The summed E-state index contributed by atoms with van der Waals surface area (Å²) in [5, 5.41) is 18.1. The third-order valence-electron chi connectivity index (χ3n) is 5.90. The summed E-state index contributed by atoms with van der Waals surface area (Å²) in [4.78, 5) is 33.0. The zero-order chi connectivity index (χ0) is 29.4. The van der Waals surface area contributed by atoms with Crippen molar-refractivity contribution in [3.63, 3.8) is 0 Å². The normalized spacial score (nSPS) is 10.8. The van der Waals surface area contributed by atoms with Crippen LogP contribution in [-0.4, -0.2) is 28.8 Å². The lowest BCUT2D eigenvalue weighted by Crippen LogP contribution is -2.09. The van der Waals surface area contributed by atoms with Gasteiger partial charge in [-0.1, -0.05) is 85.8 Å². The molecule has 2 N–H and O–H groups in total. The lowest BCUT2D eigenvalue weighted by atomic mass is 10.0. The molecule has 0 saturated heterocycles. The van der Waals surface area contributed by atoms with Gasteiger partial charge in [-0.05, 0) is 54.5 Å². The molecule has 0 aliphatic heterocycles. The molecule has 6 nitrogen and oxygen atoms in total. The van der Waals surface area contributed by atoms with Crippen molar-refractivity contribution in [2.24, 2.45) is 17.8 Å². The summed E-state index contributed by atoms with van der Waals surface area (Å²) in [7, 11) is 0. The zero-order valence-corrected chi connectivity index (χ0v) is 25.2. The third-order valence-corrected chi connectivity index (χ3v) is 7.05. The van der Waals surface area contributed by atoms with E-state index in [4.69, 9.17) is 14.9 Å². The number of aliphatic carboxylic acids is 2. The molecule has 0 bridgehead atoms. The monoisotopic (exact) mass is 558 g/mol. The quantitative estimate of drug-likeness (QED) is 0.170. The molecule has 216 valence electrons. The van der Waals surface area contributed by atoms with Crippen molar-refractivity contribution < 1.29 is 24.5 Å². The Kier molecular flexibility index (Phi) is 16.1. The predicted molar refractivity (Wildman–Crippen MR) is 163 cm³/mol. The number of carboxylic acid groups (broad SMARTS) is 2. The van der Waals surface area contributed by atoms with Crippen molar-refractivity contribution in [2.75, 3.05) is 6.61 Å². The van der Waals surface area contributed by atoms with E-state index in [2.05, 4.69) is 41.5 Å². The van der Waals surface area contributed by atoms with Crippen LogP contribution in [0.3, 0.4) is 0 Å². The fraction of sp³-hybridized carbons (Fsp3) is 0.531. The molecule has 0 amide bonds. The molecule has 1 aromatic heterocycles. The molecule has 0 spiro atoms. The molecular formula is C32H46O6S. The average Bonchev–Trinajstić information content (AvgIpc) is 2.87. The first kappa shape index (κ1) is 34.1. The summed E-state index contributed by atoms with van der Waals surface area (Å²) < 4.78 is 6.90. The van der Waals surface area contributed by atoms with Crippen LogP contribution < -0.4 is 10.2 Å². The van der Waals surface area contributed by atoms with Gasteiger partial charge in [0.2, 0.25) is 0 Å². The molecule has 0 radical (unpaired) electrons. The topological polar surface area (TPSA) is 101 Å². The maximum atomic E-state index is 12.4. The molecule has 39 heavy (non-hydrogen) atoms. The number of fused-ring (bicyclic) bond motifs is 2. The number of benzene rings is 2. The predicted octanol–water partition coefficient (Wildman–Crippen LogP) is 8.63. The fourth-order valence-corrected chi connectivity index (χ4v) is 4.74. The lowest BCUT2D eigenvalue weighted by Gasteiger charge is -2.05. The van der Waals surface area contributed by atoms with Crippen LogP contribution >= 0.6 is 11.3 Å². The molecule has 0 fully saturated rings. The van der Waals surface area contributed by atoms with Crippen LogP contribution in [0.25, 0.3) is 20.2 Å². The van der Waals surface area contributed by atoms with Gasteiger partial charge in [-0.15, -0.1) is 11.3 Å². The highest BCUT2D eigenvalue weighted by atomic mass is 32.1. The number of carbonyl (C=O) groups is 2. The van der Waals surface area contributed by atoms with Crippen LogP contribution in [0, 0.1) is 17.8 Å². The van der Waals surface area contributed by atoms with Gasteiger partial charge in [0.1, 0.15) is 5.75 Å². The highest BCUT2D eigenvalue weighted by Gasteiger charge is 2.07. The van der Waals surface area contributed by atoms with E-state index in [-0.39, 0.29) is 5.43 Å². The fourth-order valence-electron chi connectivity index (χ4n) is 3.69. The Morgan fingerprint density at radius 1 is 0.744 bits per heavy atom. The van der Waals surface area contributed by atoms with Crippen LogP contribution in [0.4, 0.5) is 0 Å². The van der Waals surface area contributed by atoms with Crippen molar-refractivity contribution >= 4 is 43.4 Å². The van der Waals surface area contributed by atoms with Gasteiger partial charge in [0.05, 0.1) is 0 Å². The van der Waals surface area contributed by atoms with Crippen LogP contribution in [0.2, 0.25) is 0 Å². The summed E-state index contributed by atoms with van der Waals surface area (Å²) in [6, 6.07) is 12.5. The van der Waals surface area contributed by atoms with Gasteiger partial charge in [0, 0.05) is 26.6 Å². The molecule has 3 aromatic rings. The standard InChI is InChI=1S/C15H10O4S.C9H18O2.C8H18/c16-14(17)8-19-9-5-6-13-11(7-9)15(18)10-3-1-2-4-12(10)20-13;1-8(2)6-4-3-5-7-9(10)11;1-7(2)5-6-8(3)4/h1-7H,8H2,(H,16,17);8H,3-7H2,1-2H3,(H,10,11);7-8H,5-6H2,1-4H3. The minimum absolute atomic E-state index is 0.0601. The number of unbranched alkanes of at least 4 members (excludes halogenated alkanes) is 2. The summed E-state index contributed by atoms with van der Waals surface area (Å²) in [6.07, 6.45) is 7.39. The molecule has 0 saturated carbocycles. The molecule has 0 atom stereocenters. The Balaban J connectivity index is 0.000000339. The number of ether oxygens (including phenoxy) is 1. The Labute approximate surface area is 237 Å². The van der Waals surface area contributed by atoms with Crippen molar-refractivity contribution in [1.29, 1.82) is 0 Å². The first-order valence-electron chi connectivity index (χ1n) is 13.9. The molecule has 3 rings (SSSR count). The van der Waals surface area contributed by atoms with Crippen molar-refractivity contribution in [2.45, 2.75) is 86.5 Å². The van der Waals surface area contributed by atoms with E-state index < -0.39 is 18.5 Å². The summed E-state index contributed by atoms with van der Waals surface area (Å²) in [5.74, 6) is 1.19. The Morgan fingerprint density at radius 2 is 1.33 bits per heavy atom. The van der Waals surface area contributed by atoms with Gasteiger partial charge in [-0.3, -0.25) is 9.59 Å². The van der Waals surface area contributed by atoms with Crippen LogP contribution in [0.1, 0.15) is 86.5 Å². The minimum Gasteiger partial charge on any atom is -0.482 e. The average molecular weight is 559 g/mol. The van der Waals surface area contributed by atoms with E-state index in [1.165, 1.54) is 37.0 Å². The highest BCUT2D eigenvalue weighted by molar-refractivity contribution is 7.24. The Hall–Kier alpha value is -2.93. The second-order valence-electron chi connectivity index (χ2n) is 11.0. The number of rotatable bonds is 12. The van der Waals surface area contributed by atoms with Gasteiger partial charge < -0.3 is 14.9 Å². The van der Waals surface area contributed by atoms with Crippen LogP contribution in [0.5, 0.6) is 5.75 Å². The number of hydrogen-bond donors (Lipinski definition) is 2. The maximum absolute atomic E-state index is 12.4. The van der Waals surface area contributed by atoms with Gasteiger partial charge in [0.25, 0.3) is 0 Å². The number of hydrogen-bond acceptors (Lipinski definition) is 5. The van der Waals surface area contributed by atoms with E-state index in [9.17, 15) is 14.4 Å². The SMILES string of the molecule is CC(C)CCC(C)C.CC(C)CCCCCC(=O)O.O=C(O)COc1ccc2sc3ccccc3c(=O)c2c1. The van der Waals surface area contributed by atoms with Crippen LogP contribution in [-0.2, 0) is 9.59 Å². The molecule has 0 aliphatic carbocycles. The lowest BCUT2D eigenvalue weighted by molar-refractivity contribution is -0.139. The van der Waals surface area contributed by atoms with Gasteiger partial charge in [0.15, 0.2) is 12.0 Å². The molecule has 0 unspecified atom stereocenters. The molecule has 2 aromatic carbocycles. The highest BCUT2D eigenvalue weighted by Crippen LogP contribution is 2.27. The molecule has 1 heterocycles. The molecular weight excluding hydrogens is 512 g/mol. The smallest absolute Gasteiger partial charge is 0.341 e. The van der Waals surface area contributed by atoms with E-state index in [1.807, 2.05) is 18.2 Å². The van der Waals surface area contributed by atoms with Gasteiger partial charge in [-0.25, -0.2) is 4.79 Å². The largest absolute Gasteiger partial charge is 0.482 e. The van der Waals surface area contributed by atoms with Crippen LogP contribution in [0.15, 0.2) is 47.3 Å². The first-order valence-corrected chi connectivity index (χ1v) is 14.7. The van der Waals surface area contributed by atoms with E-state index in [1.54, 1.807) is 24.3 Å². The molecule has 0 aliphatic rings. The Bertz CT molecular complexity index is 1200. The van der Waals surface area contributed by atoms with E-state index in [0.717, 1.165) is 40.0 Å². The van der Waals surface area contributed by atoms with Crippen molar-refractivity contribution in [3.8, 4) is 5.75 Å². The summed E-state index contributed by atoms with van der Waals surface area (Å²) >= 11 is 1.53. The van der Waals surface area contributed by atoms with Gasteiger partial charge >= 0.3 is 11.9 Å². The van der Waals surface area contributed by atoms with Crippen molar-refractivity contribution in [1.82, 2.24) is 0 Å².